The number of rotatable bonds is 6. The molecular weight excluding hydrogens is 406 g/mol. The molecule has 4 heterocycles. The van der Waals surface area contributed by atoms with Gasteiger partial charge in [0.25, 0.3) is 0 Å². The molecule has 0 unspecified atom stereocenters. The highest BCUT2D eigenvalue weighted by Crippen LogP contribution is 2.39. The minimum Gasteiger partial charge on any atom is -0.379 e. The van der Waals surface area contributed by atoms with Gasteiger partial charge in [0.1, 0.15) is 0 Å². The third-order valence-electron chi connectivity index (χ3n) is 7.03. The van der Waals surface area contributed by atoms with Gasteiger partial charge < -0.3 is 19.5 Å². The summed E-state index contributed by atoms with van der Waals surface area (Å²) < 4.78 is 7.96. The molecular formula is C24H33N5OS. The quantitative estimate of drug-likeness (QED) is 0.693. The Morgan fingerprint density at radius 1 is 1.06 bits per heavy atom. The summed E-state index contributed by atoms with van der Waals surface area (Å²) in [6.45, 7) is 5.56. The molecule has 0 spiro atoms. The van der Waals surface area contributed by atoms with Gasteiger partial charge in [-0.1, -0.05) is 25.3 Å². The van der Waals surface area contributed by atoms with Crippen LogP contribution in [0.2, 0.25) is 0 Å². The van der Waals surface area contributed by atoms with Crippen molar-refractivity contribution in [1.29, 1.82) is 0 Å². The summed E-state index contributed by atoms with van der Waals surface area (Å²) in [5, 5.41) is 4.42. The molecule has 2 aromatic heterocycles. The van der Waals surface area contributed by atoms with E-state index in [1.165, 1.54) is 37.7 Å². The number of nitrogens with zero attached hydrogens (tertiary/aromatic N) is 4. The lowest BCUT2D eigenvalue weighted by molar-refractivity contribution is 0.0350. The first-order valence-corrected chi connectivity index (χ1v) is 12.2. The van der Waals surface area contributed by atoms with Crippen molar-refractivity contribution in [3.05, 3.63) is 54.1 Å². The van der Waals surface area contributed by atoms with Gasteiger partial charge >= 0.3 is 0 Å². The summed E-state index contributed by atoms with van der Waals surface area (Å²) in [5.41, 5.74) is 2.38. The lowest BCUT2D eigenvalue weighted by Crippen LogP contribution is -2.42. The average Bonchev–Trinajstić information content (AvgIpc) is 3.44. The topological polar surface area (TPSA) is 45.6 Å². The van der Waals surface area contributed by atoms with E-state index in [4.69, 9.17) is 17.0 Å². The summed E-state index contributed by atoms with van der Waals surface area (Å²) in [5.74, 6) is 0. The van der Waals surface area contributed by atoms with Gasteiger partial charge in [0.05, 0.1) is 31.0 Å². The first-order valence-electron chi connectivity index (χ1n) is 11.7. The first-order chi connectivity index (χ1) is 15.3. The number of ether oxygens (including phenoxy) is 1. The van der Waals surface area contributed by atoms with E-state index in [1.54, 1.807) is 0 Å². The normalized spacial score (nSPS) is 25.7. The predicted octanol–water partition coefficient (Wildman–Crippen LogP) is 3.69. The van der Waals surface area contributed by atoms with Crippen LogP contribution in [0.1, 0.15) is 61.5 Å². The van der Waals surface area contributed by atoms with E-state index in [1.807, 2.05) is 12.3 Å². The summed E-state index contributed by atoms with van der Waals surface area (Å²) in [6.07, 6.45) is 13.2. The number of hydrogen-bond donors (Lipinski definition) is 1. The van der Waals surface area contributed by atoms with Crippen molar-refractivity contribution >= 4 is 17.3 Å². The molecule has 7 heteroatoms. The average molecular weight is 440 g/mol. The summed E-state index contributed by atoms with van der Waals surface area (Å²) in [6, 6.07) is 9.31. The van der Waals surface area contributed by atoms with Crippen LogP contribution in [0.3, 0.4) is 0 Å². The van der Waals surface area contributed by atoms with Crippen molar-refractivity contribution in [2.24, 2.45) is 0 Å². The maximum atomic E-state index is 5.83. The van der Waals surface area contributed by atoms with Gasteiger partial charge in [-0.3, -0.25) is 9.88 Å². The van der Waals surface area contributed by atoms with Crippen LogP contribution in [-0.2, 0) is 4.74 Å². The Kier molecular flexibility index (Phi) is 6.53. The molecule has 31 heavy (non-hydrogen) atoms. The fraction of sp³-hybridized carbons (Fsp3) is 0.583. The van der Waals surface area contributed by atoms with Crippen LogP contribution in [0.4, 0.5) is 0 Å². The fourth-order valence-corrected chi connectivity index (χ4v) is 5.63. The Hall–Kier alpha value is -1.96. The predicted molar refractivity (Wildman–Crippen MR) is 126 cm³/mol. The van der Waals surface area contributed by atoms with Crippen molar-refractivity contribution < 1.29 is 4.74 Å². The van der Waals surface area contributed by atoms with Crippen LogP contribution in [0, 0.1) is 0 Å². The Morgan fingerprint density at radius 2 is 1.90 bits per heavy atom. The number of thiocarbonyl (C=S) groups is 1. The molecule has 0 bridgehead atoms. The van der Waals surface area contributed by atoms with Crippen molar-refractivity contribution in [3.63, 3.8) is 0 Å². The molecule has 3 fully saturated rings. The van der Waals surface area contributed by atoms with E-state index >= 15 is 0 Å². The molecule has 2 atom stereocenters. The lowest BCUT2D eigenvalue weighted by atomic mass is 9.95. The van der Waals surface area contributed by atoms with Crippen molar-refractivity contribution in [2.75, 3.05) is 39.4 Å². The number of aromatic nitrogens is 2. The maximum absolute atomic E-state index is 5.83. The van der Waals surface area contributed by atoms with Crippen molar-refractivity contribution in [3.8, 4) is 0 Å². The van der Waals surface area contributed by atoms with Crippen LogP contribution >= 0.6 is 12.2 Å². The van der Waals surface area contributed by atoms with Gasteiger partial charge in [0.15, 0.2) is 5.11 Å². The molecule has 166 valence electrons. The van der Waals surface area contributed by atoms with Gasteiger partial charge in [-0.25, -0.2) is 0 Å². The van der Waals surface area contributed by atoms with Crippen molar-refractivity contribution in [1.82, 2.24) is 24.7 Å². The second-order valence-corrected chi connectivity index (χ2v) is 9.34. The second kappa shape index (κ2) is 9.67. The Morgan fingerprint density at radius 3 is 2.68 bits per heavy atom. The number of pyridine rings is 1. The largest absolute Gasteiger partial charge is 0.379 e. The molecule has 5 rings (SSSR count). The highest BCUT2D eigenvalue weighted by molar-refractivity contribution is 7.80. The zero-order valence-electron chi connectivity index (χ0n) is 18.2. The lowest BCUT2D eigenvalue weighted by Gasteiger charge is -2.32. The highest BCUT2D eigenvalue weighted by atomic mass is 32.1. The molecule has 1 N–H and O–H groups in total. The molecule has 2 aliphatic heterocycles. The van der Waals surface area contributed by atoms with Crippen LogP contribution < -0.4 is 5.32 Å². The number of hydrogen-bond acceptors (Lipinski definition) is 4. The van der Waals surface area contributed by atoms with E-state index in [9.17, 15) is 0 Å². The fourth-order valence-electron chi connectivity index (χ4n) is 5.30. The summed E-state index contributed by atoms with van der Waals surface area (Å²) >= 11 is 5.83. The van der Waals surface area contributed by atoms with Crippen molar-refractivity contribution in [2.45, 2.75) is 50.2 Å². The third-order valence-corrected chi connectivity index (χ3v) is 7.39. The molecule has 0 amide bonds. The van der Waals surface area contributed by atoms with E-state index in [0.29, 0.717) is 6.04 Å². The molecule has 0 aromatic carbocycles. The minimum absolute atomic E-state index is 0.0700. The second-order valence-electron chi connectivity index (χ2n) is 8.96. The molecule has 1 aliphatic carbocycles. The smallest absolute Gasteiger partial charge is 0.170 e. The Labute approximate surface area is 190 Å². The number of morpholine rings is 1. The Balaban J connectivity index is 1.39. The molecule has 6 nitrogen and oxygen atoms in total. The Bertz CT molecular complexity index is 860. The molecule has 1 saturated carbocycles. The zero-order valence-corrected chi connectivity index (χ0v) is 19.0. The van der Waals surface area contributed by atoms with Gasteiger partial charge in [-0.2, -0.15) is 0 Å². The summed E-state index contributed by atoms with van der Waals surface area (Å²) in [4.78, 5) is 9.53. The van der Waals surface area contributed by atoms with Crippen LogP contribution in [-0.4, -0.2) is 63.9 Å². The molecule has 2 saturated heterocycles. The van der Waals surface area contributed by atoms with Crippen LogP contribution in [0.25, 0.3) is 0 Å². The highest BCUT2D eigenvalue weighted by Gasteiger charge is 2.40. The van der Waals surface area contributed by atoms with Crippen LogP contribution in [0.5, 0.6) is 0 Å². The molecule has 2 aromatic rings. The molecule has 3 aliphatic rings. The van der Waals surface area contributed by atoms with Gasteiger partial charge in [0.2, 0.25) is 0 Å². The number of nitrogens with one attached hydrogen (secondary N) is 1. The van der Waals surface area contributed by atoms with Gasteiger partial charge in [0, 0.05) is 50.8 Å². The summed E-state index contributed by atoms with van der Waals surface area (Å²) in [7, 11) is 0. The zero-order chi connectivity index (χ0) is 21.0. The van der Waals surface area contributed by atoms with E-state index in [-0.39, 0.29) is 12.1 Å². The monoisotopic (exact) mass is 439 g/mol. The molecule has 0 radical (unpaired) electrons. The SMILES string of the molecule is S=C1N[C@@H](c2ccccn2)[C@@H](c2ccn(C3CCCCC3)c2)N1CCN1CCOCC1. The first kappa shape index (κ1) is 20.9. The van der Waals surface area contributed by atoms with Gasteiger partial charge in [-0.05, 0) is 48.8 Å². The van der Waals surface area contributed by atoms with Crippen LogP contribution in [0.15, 0.2) is 42.9 Å². The standard InChI is InChI=1S/C24H33N5OS/c31-24-26-22(21-8-4-5-10-25-21)23(29(24)13-12-27-14-16-30-17-15-27)19-9-11-28(18-19)20-6-2-1-3-7-20/h4-5,8-11,18,20,22-23H,1-3,6-7,12-17H2,(H,26,31)/t22-,23+/m0/s1. The van der Waals surface area contributed by atoms with E-state index in [2.05, 4.69) is 55.3 Å². The minimum atomic E-state index is 0.0700. The van der Waals surface area contributed by atoms with Gasteiger partial charge in [-0.15, -0.1) is 0 Å². The van der Waals surface area contributed by atoms with E-state index in [0.717, 1.165) is 50.2 Å². The third kappa shape index (κ3) is 4.64. The van der Waals surface area contributed by atoms with E-state index < -0.39 is 0 Å². The maximum Gasteiger partial charge on any atom is 0.170 e.